The molecule has 1 heterocycles. The maximum Gasteiger partial charge on any atom is 0.433 e. The van der Waals surface area contributed by atoms with Crippen molar-refractivity contribution in [3.63, 3.8) is 0 Å². The van der Waals surface area contributed by atoms with E-state index >= 15 is 0 Å². The molecule has 0 spiro atoms. The van der Waals surface area contributed by atoms with Crippen LogP contribution in [0.5, 0.6) is 0 Å². The monoisotopic (exact) mass is 281 g/mol. The van der Waals surface area contributed by atoms with Gasteiger partial charge in [-0.25, -0.2) is 0 Å². The predicted octanol–water partition coefficient (Wildman–Crippen LogP) is 2.85. The first-order chi connectivity index (χ1) is 9.47. The smallest absolute Gasteiger partial charge is 0.404 e. The number of hydrogen-bond acceptors (Lipinski definition) is 6. The van der Waals surface area contributed by atoms with Crippen LogP contribution in [0.2, 0.25) is 0 Å². The van der Waals surface area contributed by atoms with Gasteiger partial charge in [0.1, 0.15) is 10.7 Å². The third-order valence-electron chi connectivity index (χ3n) is 2.44. The van der Waals surface area contributed by atoms with Gasteiger partial charge in [-0.05, 0) is 18.2 Å². The number of benzene rings is 1. The number of rotatable bonds is 5. The van der Waals surface area contributed by atoms with Crippen LogP contribution in [-0.4, -0.2) is 9.85 Å². The SMILES string of the molecule is O=[N+]([O-])c1ccc(CNc2ccc(F)c([N+](=O)[O-])c2)o1. The lowest BCUT2D eigenvalue weighted by Gasteiger charge is -2.04. The lowest BCUT2D eigenvalue weighted by Crippen LogP contribution is -2.00. The lowest BCUT2D eigenvalue weighted by molar-refractivity contribution is -0.402. The minimum absolute atomic E-state index is 0.0800. The van der Waals surface area contributed by atoms with Gasteiger partial charge in [0.2, 0.25) is 5.82 Å². The summed E-state index contributed by atoms with van der Waals surface area (Å²) in [6.45, 7) is 0.0800. The summed E-state index contributed by atoms with van der Waals surface area (Å²) < 4.78 is 18.0. The van der Waals surface area contributed by atoms with E-state index in [-0.39, 0.29) is 12.3 Å². The molecule has 0 saturated heterocycles. The van der Waals surface area contributed by atoms with Gasteiger partial charge < -0.3 is 9.73 Å². The molecular formula is C11H8FN3O5. The summed E-state index contributed by atoms with van der Waals surface area (Å²) in [6, 6.07) is 5.92. The quantitative estimate of drug-likeness (QED) is 0.666. The van der Waals surface area contributed by atoms with E-state index in [1.54, 1.807) is 0 Å². The van der Waals surface area contributed by atoms with Crippen LogP contribution in [-0.2, 0) is 6.54 Å². The molecule has 0 bridgehead atoms. The Labute approximate surface area is 111 Å². The number of nitro groups is 2. The largest absolute Gasteiger partial charge is 0.433 e. The van der Waals surface area contributed by atoms with Crippen molar-refractivity contribution in [1.82, 2.24) is 0 Å². The van der Waals surface area contributed by atoms with Crippen LogP contribution in [0.25, 0.3) is 0 Å². The Hall–Kier alpha value is -2.97. The molecule has 104 valence electrons. The zero-order valence-corrected chi connectivity index (χ0v) is 9.91. The van der Waals surface area contributed by atoms with Gasteiger partial charge in [0.15, 0.2) is 0 Å². The van der Waals surface area contributed by atoms with Crippen LogP contribution >= 0.6 is 0 Å². The van der Waals surface area contributed by atoms with Gasteiger partial charge in [-0.1, -0.05) is 0 Å². The number of furan rings is 1. The van der Waals surface area contributed by atoms with E-state index in [4.69, 9.17) is 4.42 Å². The minimum atomic E-state index is -0.936. The maximum absolute atomic E-state index is 13.1. The minimum Gasteiger partial charge on any atom is -0.404 e. The van der Waals surface area contributed by atoms with E-state index < -0.39 is 27.2 Å². The number of halogens is 1. The highest BCUT2D eigenvalue weighted by molar-refractivity contribution is 5.51. The van der Waals surface area contributed by atoms with Crippen molar-refractivity contribution in [2.24, 2.45) is 0 Å². The van der Waals surface area contributed by atoms with Gasteiger partial charge in [-0.2, -0.15) is 4.39 Å². The van der Waals surface area contributed by atoms with Crippen LogP contribution in [0.4, 0.5) is 21.6 Å². The van der Waals surface area contributed by atoms with E-state index in [0.717, 1.165) is 12.1 Å². The Kier molecular flexibility index (Phi) is 3.60. The van der Waals surface area contributed by atoms with Crippen LogP contribution in [0.15, 0.2) is 34.7 Å². The fourth-order valence-corrected chi connectivity index (χ4v) is 1.51. The number of nitro benzene ring substituents is 1. The summed E-state index contributed by atoms with van der Waals surface area (Å²) in [5.74, 6) is -1.05. The van der Waals surface area contributed by atoms with Crippen molar-refractivity contribution in [3.8, 4) is 0 Å². The van der Waals surface area contributed by atoms with Gasteiger partial charge in [-0.15, -0.1) is 0 Å². The summed E-state index contributed by atoms with van der Waals surface area (Å²) >= 11 is 0. The molecule has 20 heavy (non-hydrogen) atoms. The van der Waals surface area contributed by atoms with Crippen molar-refractivity contribution < 1.29 is 18.7 Å². The van der Waals surface area contributed by atoms with Crippen molar-refractivity contribution in [3.05, 3.63) is 62.1 Å². The summed E-state index contributed by atoms with van der Waals surface area (Å²) in [6.07, 6.45) is 0. The van der Waals surface area contributed by atoms with Gasteiger partial charge in [0.05, 0.1) is 17.5 Å². The standard InChI is InChI=1S/C11H8FN3O5/c12-9-3-1-7(5-10(9)14(16)17)13-6-8-2-4-11(20-8)15(18)19/h1-5,13H,6H2. The molecule has 0 aliphatic rings. The first kappa shape index (κ1) is 13.5. The zero-order chi connectivity index (χ0) is 14.7. The summed E-state index contributed by atoms with van der Waals surface area (Å²) in [5, 5.41) is 23.7. The van der Waals surface area contributed by atoms with Gasteiger partial charge >= 0.3 is 11.6 Å². The van der Waals surface area contributed by atoms with Gasteiger partial charge in [0.25, 0.3) is 0 Å². The number of hydrogen-bond donors (Lipinski definition) is 1. The number of anilines is 1. The average Bonchev–Trinajstić information content (AvgIpc) is 2.86. The first-order valence-electron chi connectivity index (χ1n) is 5.38. The molecule has 0 amide bonds. The Morgan fingerprint density at radius 2 is 1.90 bits per heavy atom. The Morgan fingerprint density at radius 3 is 2.50 bits per heavy atom. The molecule has 0 aliphatic heterocycles. The zero-order valence-electron chi connectivity index (χ0n) is 9.91. The molecule has 8 nitrogen and oxygen atoms in total. The Bertz CT molecular complexity index is 670. The highest BCUT2D eigenvalue weighted by atomic mass is 19.1. The van der Waals surface area contributed by atoms with Crippen LogP contribution in [0.3, 0.4) is 0 Å². The van der Waals surface area contributed by atoms with Gasteiger partial charge in [-0.3, -0.25) is 20.2 Å². The molecule has 2 aromatic rings. The average molecular weight is 281 g/mol. The molecule has 0 unspecified atom stereocenters. The van der Waals surface area contributed by atoms with Crippen LogP contribution in [0.1, 0.15) is 5.76 Å². The van der Waals surface area contributed by atoms with Crippen LogP contribution in [0, 0.1) is 26.0 Å². The van der Waals surface area contributed by atoms with Crippen LogP contribution < -0.4 is 5.32 Å². The number of nitrogens with zero attached hydrogens (tertiary/aromatic N) is 2. The summed E-state index contributed by atoms with van der Waals surface area (Å²) in [7, 11) is 0. The summed E-state index contributed by atoms with van der Waals surface area (Å²) in [5.41, 5.74) is -0.349. The van der Waals surface area contributed by atoms with Gasteiger partial charge in [0, 0.05) is 11.8 Å². The van der Waals surface area contributed by atoms with E-state index in [9.17, 15) is 24.6 Å². The molecule has 1 N–H and O–H groups in total. The third-order valence-corrected chi connectivity index (χ3v) is 2.44. The Balaban J connectivity index is 2.08. The molecule has 0 aliphatic carbocycles. The molecule has 1 aromatic heterocycles. The second kappa shape index (κ2) is 5.34. The van der Waals surface area contributed by atoms with Crippen molar-refractivity contribution in [2.45, 2.75) is 6.54 Å². The molecule has 0 fully saturated rings. The van der Waals surface area contributed by atoms with E-state index in [1.807, 2.05) is 0 Å². The molecular weight excluding hydrogens is 273 g/mol. The number of nitrogens with one attached hydrogen (secondary N) is 1. The Morgan fingerprint density at radius 1 is 1.15 bits per heavy atom. The molecule has 9 heteroatoms. The third kappa shape index (κ3) is 2.88. The highest BCUT2D eigenvalue weighted by Crippen LogP contribution is 2.22. The molecule has 0 saturated carbocycles. The van der Waals surface area contributed by atoms with Crippen molar-refractivity contribution in [1.29, 1.82) is 0 Å². The first-order valence-corrected chi connectivity index (χ1v) is 5.38. The summed E-state index contributed by atoms with van der Waals surface area (Å²) in [4.78, 5) is 19.5. The topological polar surface area (TPSA) is 111 Å². The van der Waals surface area contributed by atoms with Crippen molar-refractivity contribution in [2.75, 3.05) is 5.32 Å². The maximum atomic E-state index is 13.1. The lowest BCUT2D eigenvalue weighted by atomic mass is 10.2. The van der Waals surface area contributed by atoms with Crippen molar-refractivity contribution >= 4 is 17.3 Å². The molecule has 0 radical (unpaired) electrons. The second-order valence-electron chi connectivity index (χ2n) is 3.77. The van der Waals surface area contributed by atoms with E-state index in [1.165, 1.54) is 18.2 Å². The molecule has 0 atom stereocenters. The fraction of sp³-hybridized carbons (Fsp3) is 0.0909. The predicted molar refractivity (Wildman–Crippen MR) is 65.7 cm³/mol. The van der Waals surface area contributed by atoms with E-state index in [2.05, 4.69) is 5.32 Å². The fourth-order valence-electron chi connectivity index (χ4n) is 1.51. The second-order valence-corrected chi connectivity index (χ2v) is 3.77. The van der Waals surface area contributed by atoms with E-state index in [0.29, 0.717) is 5.69 Å². The molecule has 1 aromatic carbocycles. The molecule has 2 rings (SSSR count). The normalized spacial score (nSPS) is 10.2. The highest BCUT2D eigenvalue weighted by Gasteiger charge is 2.15.